The lowest BCUT2D eigenvalue weighted by atomic mass is 10.1. The Labute approximate surface area is 183 Å². The van der Waals surface area contributed by atoms with Crippen molar-refractivity contribution in [1.82, 2.24) is 19.6 Å². The lowest BCUT2D eigenvalue weighted by Crippen LogP contribution is -2.17. The van der Waals surface area contributed by atoms with Gasteiger partial charge in [0.15, 0.2) is 5.69 Å². The molecule has 0 bridgehead atoms. The van der Waals surface area contributed by atoms with E-state index in [4.69, 9.17) is 11.6 Å². The number of carbonyl (C=O) groups excluding carboxylic acids is 1. The van der Waals surface area contributed by atoms with Gasteiger partial charge in [-0.25, -0.2) is 0 Å². The molecule has 0 aliphatic heterocycles. The number of amides is 1. The number of halogens is 4. The molecule has 3 rings (SSSR count). The highest BCUT2D eigenvalue weighted by atomic mass is 35.5. The standard InChI is InChI=1S/C21H23ClF3N5O/c1-12-5-7-16(8-6-12)11-30-15(4)19(13(2)27-30)26-17(31)9-10-29-14(3)18(22)20(28-29)21(23,24)25/h5-8H,9-11H2,1-4H3,(H,26,31). The Balaban J connectivity index is 1.67. The van der Waals surface area contributed by atoms with Crippen LogP contribution in [-0.2, 0) is 24.1 Å². The topological polar surface area (TPSA) is 64.7 Å². The molecule has 0 radical (unpaired) electrons. The van der Waals surface area contributed by atoms with Gasteiger partial charge < -0.3 is 5.32 Å². The van der Waals surface area contributed by atoms with Crippen LogP contribution in [0.2, 0.25) is 5.02 Å². The van der Waals surface area contributed by atoms with Gasteiger partial charge in [-0.3, -0.25) is 14.2 Å². The maximum absolute atomic E-state index is 12.9. The predicted molar refractivity (Wildman–Crippen MR) is 112 cm³/mol. The minimum absolute atomic E-state index is 0.0247. The first-order chi connectivity index (χ1) is 14.5. The Bertz CT molecular complexity index is 1100. The highest BCUT2D eigenvalue weighted by Crippen LogP contribution is 2.35. The summed E-state index contributed by atoms with van der Waals surface area (Å²) in [4.78, 5) is 12.5. The van der Waals surface area contributed by atoms with Crippen LogP contribution < -0.4 is 5.32 Å². The first-order valence-corrected chi connectivity index (χ1v) is 10.0. The van der Waals surface area contributed by atoms with Crippen molar-refractivity contribution in [1.29, 1.82) is 0 Å². The Morgan fingerprint density at radius 1 is 1.03 bits per heavy atom. The number of rotatable bonds is 6. The highest BCUT2D eigenvalue weighted by molar-refractivity contribution is 6.31. The summed E-state index contributed by atoms with van der Waals surface area (Å²) in [6.45, 7) is 7.64. The number of benzene rings is 1. The Morgan fingerprint density at radius 2 is 1.68 bits per heavy atom. The molecular formula is C21H23ClF3N5O. The Morgan fingerprint density at radius 3 is 2.26 bits per heavy atom. The van der Waals surface area contributed by atoms with Crippen LogP contribution >= 0.6 is 11.6 Å². The normalized spacial score (nSPS) is 11.7. The van der Waals surface area contributed by atoms with Crippen LogP contribution in [0.5, 0.6) is 0 Å². The molecule has 0 unspecified atom stereocenters. The van der Waals surface area contributed by atoms with Crippen molar-refractivity contribution >= 4 is 23.2 Å². The summed E-state index contributed by atoms with van der Waals surface area (Å²) in [5.74, 6) is -0.347. The minimum Gasteiger partial charge on any atom is -0.323 e. The van der Waals surface area contributed by atoms with Gasteiger partial charge in [0.2, 0.25) is 5.91 Å². The van der Waals surface area contributed by atoms with Crippen molar-refractivity contribution in [2.24, 2.45) is 0 Å². The average Bonchev–Trinajstić information content (AvgIpc) is 3.12. The summed E-state index contributed by atoms with van der Waals surface area (Å²) >= 11 is 5.75. The maximum Gasteiger partial charge on any atom is 0.436 e. The van der Waals surface area contributed by atoms with Gasteiger partial charge >= 0.3 is 6.18 Å². The summed E-state index contributed by atoms with van der Waals surface area (Å²) in [7, 11) is 0. The fourth-order valence-electron chi connectivity index (χ4n) is 3.23. The number of nitrogens with zero attached hydrogens (tertiary/aromatic N) is 4. The number of carbonyl (C=O) groups is 1. The third kappa shape index (κ3) is 5.10. The minimum atomic E-state index is -4.64. The molecule has 10 heteroatoms. The molecule has 0 aliphatic carbocycles. The second-order valence-corrected chi connectivity index (χ2v) is 7.83. The molecule has 166 valence electrons. The van der Waals surface area contributed by atoms with Gasteiger partial charge in [-0.05, 0) is 33.3 Å². The third-order valence-corrected chi connectivity index (χ3v) is 5.50. The van der Waals surface area contributed by atoms with Crippen molar-refractivity contribution in [2.75, 3.05) is 5.32 Å². The number of anilines is 1. The SMILES string of the molecule is Cc1ccc(Cn2nc(C)c(NC(=O)CCn3nc(C(F)(F)F)c(Cl)c3C)c2C)cc1. The van der Waals surface area contributed by atoms with Crippen molar-refractivity contribution in [3.05, 3.63) is 63.2 Å². The largest absolute Gasteiger partial charge is 0.436 e. The van der Waals surface area contributed by atoms with E-state index in [0.29, 0.717) is 17.9 Å². The number of hydrogen-bond acceptors (Lipinski definition) is 3. The molecule has 0 aliphatic rings. The van der Waals surface area contributed by atoms with Crippen molar-refractivity contribution in [3.8, 4) is 0 Å². The first-order valence-electron chi connectivity index (χ1n) is 9.67. The van der Waals surface area contributed by atoms with E-state index >= 15 is 0 Å². The fraction of sp³-hybridized carbons (Fsp3) is 0.381. The van der Waals surface area contributed by atoms with Gasteiger partial charge in [-0.2, -0.15) is 23.4 Å². The quantitative estimate of drug-likeness (QED) is 0.567. The molecule has 31 heavy (non-hydrogen) atoms. The van der Waals surface area contributed by atoms with E-state index in [2.05, 4.69) is 15.5 Å². The van der Waals surface area contributed by atoms with Crippen LogP contribution in [0.15, 0.2) is 24.3 Å². The number of hydrogen-bond donors (Lipinski definition) is 1. The van der Waals surface area contributed by atoms with Crippen molar-refractivity contribution in [2.45, 2.75) is 53.4 Å². The maximum atomic E-state index is 12.9. The van der Waals surface area contributed by atoms with Crippen LogP contribution in [0, 0.1) is 27.7 Å². The van der Waals surface area contributed by atoms with Gasteiger partial charge in [0, 0.05) is 6.42 Å². The molecular weight excluding hydrogens is 431 g/mol. The lowest BCUT2D eigenvalue weighted by molar-refractivity contribution is -0.141. The molecule has 0 atom stereocenters. The van der Waals surface area contributed by atoms with E-state index in [0.717, 1.165) is 15.9 Å². The van der Waals surface area contributed by atoms with Crippen LogP contribution in [-0.4, -0.2) is 25.5 Å². The van der Waals surface area contributed by atoms with Gasteiger partial charge in [-0.1, -0.05) is 41.4 Å². The lowest BCUT2D eigenvalue weighted by Gasteiger charge is -2.08. The summed E-state index contributed by atoms with van der Waals surface area (Å²) in [5, 5.41) is 10.4. The number of alkyl halides is 3. The second kappa shape index (κ2) is 8.74. The molecule has 1 amide bonds. The summed E-state index contributed by atoms with van der Waals surface area (Å²) in [6, 6.07) is 8.10. The zero-order valence-electron chi connectivity index (χ0n) is 17.6. The van der Waals surface area contributed by atoms with Crippen LogP contribution in [0.1, 0.15) is 40.3 Å². The van der Waals surface area contributed by atoms with Gasteiger partial charge in [0.25, 0.3) is 0 Å². The second-order valence-electron chi connectivity index (χ2n) is 7.46. The zero-order valence-corrected chi connectivity index (χ0v) is 18.4. The van der Waals surface area contributed by atoms with Crippen molar-refractivity contribution in [3.63, 3.8) is 0 Å². The van der Waals surface area contributed by atoms with Crippen LogP contribution in [0.25, 0.3) is 0 Å². The van der Waals surface area contributed by atoms with E-state index in [9.17, 15) is 18.0 Å². The number of aryl methyl sites for hydroxylation is 3. The Kier molecular flexibility index (Phi) is 6.45. The van der Waals surface area contributed by atoms with E-state index < -0.39 is 16.9 Å². The summed E-state index contributed by atoms with van der Waals surface area (Å²) in [6.07, 6.45) is -4.70. The fourth-order valence-corrected chi connectivity index (χ4v) is 3.47. The molecule has 6 nitrogen and oxygen atoms in total. The van der Waals surface area contributed by atoms with Crippen LogP contribution in [0.4, 0.5) is 18.9 Å². The van der Waals surface area contributed by atoms with Gasteiger partial charge in [0.05, 0.1) is 40.9 Å². The third-order valence-electron chi connectivity index (χ3n) is 5.05. The average molecular weight is 454 g/mol. The molecule has 0 spiro atoms. The molecule has 0 fully saturated rings. The van der Waals surface area contributed by atoms with Gasteiger partial charge in [-0.15, -0.1) is 0 Å². The predicted octanol–water partition coefficient (Wildman–Crippen LogP) is 5.06. The molecule has 3 aromatic rings. The van der Waals surface area contributed by atoms with E-state index in [1.807, 2.05) is 42.8 Å². The zero-order chi connectivity index (χ0) is 22.9. The number of nitrogens with one attached hydrogen (secondary N) is 1. The molecule has 1 aromatic carbocycles. The Hall–Kier alpha value is -2.81. The molecule has 1 N–H and O–H groups in total. The van der Waals surface area contributed by atoms with Crippen LogP contribution in [0.3, 0.4) is 0 Å². The summed E-state index contributed by atoms with van der Waals surface area (Å²) < 4.78 is 41.8. The molecule has 0 saturated heterocycles. The monoisotopic (exact) mass is 453 g/mol. The summed E-state index contributed by atoms with van der Waals surface area (Å²) in [5.41, 5.74) is 3.33. The molecule has 2 aromatic heterocycles. The molecule has 2 heterocycles. The van der Waals surface area contributed by atoms with E-state index in [1.54, 1.807) is 6.92 Å². The number of aromatic nitrogens is 4. The van der Waals surface area contributed by atoms with E-state index in [1.165, 1.54) is 12.5 Å². The van der Waals surface area contributed by atoms with Crippen molar-refractivity contribution < 1.29 is 18.0 Å². The van der Waals surface area contributed by atoms with E-state index in [-0.39, 0.29) is 24.6 Å². The smallest absolute Gasteiger partial charge is 0.323 e. The highest BCUT2D eigenvalue weighted by Gasteiger charge is 2.38. The molecule has 0 saturated carbocycles. The van der Waals surface area contributed by atoms with Gasteiger partial charge in [0.1, 0.15) is 0 Å². The first kappa shape index (κ1) is 22.9.